The largest absolute Gasteiger partial charge is 0.369 e. The van der Waals surface area contributed by atoms with Crippen molar-refractivity contribution >= 4 is 17.3 Å². The van der Waals surface area contributed by atoms with Gasteiger partial charge < -0.3 is 4.90 Å². The first-order valence-corrected chi connectivity index (χ1v) is 6.31. The van der Waals surface area contributed by atoms with E-state index in [1.165, 1.54) is 0 Å². The van der Waals surface area contributed by atoms with Crippen molar-refractivity contribution in [3.63, 3.8) is 0 Å². The van der Waals surface area contributed by atoms with Crippen molar-refractivity contribution in [2.75, 3.05) is 18.0 Å². The maximum absolute atomic E-state index is 9.25. The molecule has 0 spiro atoms. The predicted molar refractivity (Wildman–Crippen MR) is 71.2 cm³/mol. The molecule has 3 heteroatoms. The van der Waals surface area contributed by atoms with Gasteiger partial charge in [0.05, 0.1) is 22.7 Å². The molecule has 1 unspecified atom stereocenters. The van der Waals surface area contributed by atoms with Crippen LogP contribution in [-0.2, 0) is 0 Å². The summed E-state index contributed by atoms with van der Waals surface area (Å²) in [5.41, 5.74) is 1.15. The van der Waals surface area contributed by atoms with E-state index in [9.17, 15) is 5.26 Å². The Bertz CT molecular complexity index is 448. The lowest BCUT2D eigenvalue weighted by Gasteiger charge is -2.42. The number of piperidine rings is 1. The normalized spacial score (nSPS) is 23.2. The summed E-state index contributed by atoms with van der Waals surface area (Å²) in [6.45, 7) is 6.08. The van der Waals surface area contributed by atoms with E-state index < -0.39 is 0 Å². The van der Waals surface area contributed by atoms with Gasteiger partial charge in [-0.05, 0) is 24.0 Å². The molecule has 17 heavy (non-hydrogen) atoms. The number of rotatable bonds is 1. The Morgan fingerprint density at radius 3 is 2.76 bits per heavy atom. The quantitative estimate of drug-likeness (QED) is 0.758. The topological polar surface area (TPSA) is 27.0 Å². The van der Waals surface area contributed by atoms with Crippen molar-refractivity contribution in [2.24, 2.45) is 11.3 Å². The molecule has 1 aromatic carbocycles. The van der Waals surface area contributed by atoms with E-state index in [1.807, 2.05) is 24.3 Å². The fraction of sp³-hybridized carbons (Fsp3) is 0.500. The Hall–Kier alpha value is -1.20. The van der Waals surface area contributed by atoms with Gasteiger partial charge in [-0.15, -0.1) is 0 Å². The van der Waals surface area contributed by atoms with Crippen LogP contribution < -0.4 is 4.90 Å². The van der Waals surface area contributed by atoms with Gasteiger partial charge >= 0.3 is 0 Å². The van der Waals surface area contributed by atoms with Gasteiger partial charge in [0.25, 0.3) is 0 Å². The minimum atomic E-state index is 0.0625. The fourth-order valence-electron chi connectivity index (χ4n) is 2.30. The highest BCUT2D eigenvalue weighted by Crippen LogP contribution is 2.38. The average Bonchev–Trinajstić information content (AvgIpc) is 2.30. The molecule has 90 valence electrons. The molecule has 1 heterocycles. The summed E-state index contributed by atoms with van der Waals surface area (Å²) in [7, 11) is 0. The number of halogens is 1. The summed E-state index contributed by atoms with van der Waals surface area (Å²) in [5.74, 6) is 0.0625. The number of hydrogen-bond acceptors (Lipinski definition) is 2. The molecule has 1 aromatic rings. The first kappa shape index (κ1) is 12.3. The van der Waals surface area contributed by atoms with Gasteiger partial charge in [0.1, 0.15) is 0 Å². The van der Waals surface area contributed by atoms with Crippen LogP contribution in [0.2, 0.25) is 5.02 Å². The zero-order chi connectivity index (χ0) is 12.5. The van der Waals surface area contributed by atoms with Gasteiger partial charge in [-0.2, -0.15) is 5.26 Å². The molecule has 0 aromatic heterocycles. The van der Waals surface area contributed by atoms with Crippen LogP contribution >= 0.6 is 11.6 Å². The number of para-hydroxylation sites is 1. The summed E-state index contributed by atoms with van der Waals surface area (Å²) in [6.07, 6.45) is 1.02. The summed E-state index contributed by atoms with van der Waals surface area (Å²) >= 11 is 6.19. The molecule has 1 atom stereocenters. The van der Waals surface area contributed by atoms with Gasteiger partial charge in [0.15, 0.2) is 0 Å². The van der Waals surface area contributed by atoms with Crippen molar-refractivity contribution in [2.45, 2.75) is 20.3 Å². The number of benzene rings is 1. The highest BCUT2D eigenvalue weighted by molar-refractivity contribution is 6.33. The summed E-state index contributed by atoms with van der Waals surface area (Å²) < 4.78 is 0. The van der Waals surface area contributed by atoms with Gasteiger partial charge in [0.2, 0.25) is 0 Å². The third kappa shape index (κ3) is 2.40. The summed E-state index contributed by atoms with van der Waals surface area (Å²) in [5, 5.41) is 10.0. The molecule has 2 nitrogen and oxygen atoms in total. The van der Waals surface area contributed by atoms with E-state index in [4.69, 9.17) is 11.6 Å². The highest BCUT2D eigenvalue weighted by Gasteiger charge is 2.36. The lowest BCUT2D eigenvalue weighted by molar-refractivity contribution is 0.217. The first-order valence-electron chi connectivity index (χ1n) is 5.94. The minimum absolute atomic E-state index is 0.0625. The Balaban J connectivity index is 2.22. The molecule has 0 saturated carbocycles. The van der Waals surface area contributed by atoms with E-state index in [-0.39, 0.29) is 11.3 Å². The second-order valence-corrected chi connectivity index (χ2v) is 5.72. The molecule has 0 aliphatic carbocycles. The Kier molecular flexibility index (Phi) is 3.31. The molecule has 1 aliphatic rings. The average molecular weight is 249 g/mol. The molecular formula is C14H17ClN2. The van der Waals surface area contributed by atoms with Gasteiger partial charge in [0, 0.05) is 13.1 Å². The van der Waals surface area contributed by atoms with Gasteiger partial charge in [-0.3, -0.25) is 0 Å². The van der Waals surface area contributed by atoms with E-state index in [0.29, 0.717) is 0 Å². The van der Waals surface area contributed by atoms with Crippen LogP contribution in [-0.4, -0.2) is 13.1 Å². The van der Waals surface area contributed by atoms with Crippen LogP contribution in [0.5, 0.6) is 0 Å². The Labute approximate surface area is 108 Å². The molecular weight excluding hydrogens is 232 g/mol. The van der Waals surface area contributed by atoms with Gasteiger partial charge in [-0.25, -0.2) is 0 Å². The molecule has 0 bridgehead atoms. The predicted octanol–water partition coefficient (Wildman–Crippen LogP) is 3.72. The summed E-state index contributed by atoms with van der Waals surface area (Å²) in [4.78, 5) is 2.22. The van der Waals surface area contributed by atoms with Crippen molar-refractivity contribution in [1.82, 2.24) is 0 Å². The molecule has 0 radical (unpaired) electrons. The standard InChI is InChI=1S/C14H17ClN2/c1-14(2)7-8-17(10-11(14)9-16)13-6-4-3-5-12(13)15/h3-6,11H,7-8,10H2,1-2H3. The number of nitriles is 1. The second kappa shape index (κ2) is 4.58. The Morgan fingerprint density at radius 2 is 2.12 bits per heavy atom. The number of nitrogens with zero attached hydrogens (tertiary/aromatic N) is 2. The number of anilines is 1. The Morgan fingerprint density at radius 1 is 1.41 bits per heavy atom. The zero-order valence-corrected chi connectivity index (χ0v) is 11.0. The van der Waals surface area contributed by atoms with E-state index in [0.717, 1.165) is 30.2 Å². The third-order valence-corrected chi connectivity index (χ3v) is 4.04. The highest BCUT2D eigenvalue weighted by atomic mass is 35.5. The van der Waals surface area contributed by atoms with Crippen LogP contribution in [0.1, 0.15) is 20.3 Å². The summed E-state index contributed by atoms with van der Waals surface area (Å²) in [6, 6.07) is 10.3. The maximum Gasteiger partial charge on any atom is 0.0690 e. The van der Waals surface area contributed by atoms with Crippen molar-refractivity contribution in [3.05, 3.63) is 29.3 Å². The molecule has 0 amide bonds. The van der Waals surface area contributed by atoms with Crippen LogP contribution in [0.3, 0.4) is 0 Å². The molecule has 1 saturated heterocycles. The lowest BCUT2D eigenvalue weighted by atomic mass is 9.74. The van der Waals surface area contributed by atoms with Crippen molar-refractivity contribution < 1.29 is 0 Å². The van der Waals surface area contributed by atoms with Crippen LogP contribution in [0.4, 0.5) is 5.69 Å². The van der Waals surface area contributed by atoms with E-state index in [2.05, 4.69) is 24.8 Å². The fourth-order valence-corrected chi connectivity index (χ4v) is 2.55. The first-order chi connectivity index (χ1) is 8.04. The monoisotopic (exact) mass is 248 g/mol. The van der Waals surface area contributed by atoms with Crippen molar-refractivity contribution in [1.29, 1.82) is 5.26 Å². The number of hydrogen-bond donors (Lipinski definition) is 0. The van der Waals surface area contributed by atoms with Crippen LogP contribution in [0, 0.1) is 22.7 Å². The second-order valence-electron chi connectivity index (χ2n) is 5.32. The molecule has 1 fully saturated rings. The molecule has 2 rings (SSSR count). The lowest BCUT2D eigenvalue weighted by Crippen LogP contribution is -2.44. The SMILES string of the molecule is CC1(C)CCN(c2ccccc2Cl)CC1C#N. The van der Waals surface area contributed by atoms with Gasteiger partial charge in [-0.1, -0.05) is 37.6 Å². The molecule has 0 N–H and O–H groups in total. The third-order valence-electron chi connectivity index (χ3n) is 3.72. The van der Waals surface area contributed by atoms with Crippen LogP contribution in [0.25, 0.3) is 0 Å². The van der Waals surface area contributed by atoms with Crippen molar-refractivity contribution in [3.8, 4) is 6.07 Å². The van der Waals surface area contributed by atoms with E-state index in [1.54, 1.807) is 0 Å². The molecule has 1 aliphatic heterocycles. The minimum Gasteiger partial charge on any atom is -0.369 e. The smallest absolute Gasteiger partial charge is 0.0690 e. The van der Waals surface area contributed by atoms with Crippen LogP contribution in [0.15, 0.2) is 24.3 Å². The van der Waals surface area contributed by atoms with E-state index >= 15 is 0 Å². The maximum atomic E-state index is 9.25. The zero-order valence-electron chi connectivity index (χ0n) is 10.3.